The molecule has 0 fully saturated rings. The van der Waals surface area contributed by atoms with Crippen LogP contribution in [0.4, 0.5) is 17.3 Å². The summed E-state index contributed by atoms with van der Waals surface area (Å²) in [6, 6.07) is 22.1. The number of rotatable bonds is 7. The Kier molecular flexibility index (Phi) is 5.42. The molecule has 4 aromatic rings. The van der Waals surface area contributed by atoms with Crippen molar-refractivity contribution in [2.24, 2.45) is 0 Å². The molecule has 0 saturated heterocycles. The number of hydrogen-bond donors (Lipinski definition) is 2. The number of aromatic nitrogens is 3. The van der Waals surface area contributed by atoms with Gasteiger partial charge in [-0.05, 0) is 36.8 Å². The molecule has 0 radical (unpaired) electrons. The summed E-state index contributed by atoms with van der Waals surface area (Å²) >= 11 is 0. The molecule has 0 amide bonds. The molecule has 2 aromatic carbocycles. The van der Waals surface area contributed by atoms with Crippen molar-refractivity contribution in [1.82, 2.24) is 14.5 Å². The summed E-state index contributed by atoms with van der Waals surface area (Å²) in [6.07, 6.45) is 3.75. The molecule has 0 aliphatic carbocycles. The Labute approximate surface area is 170 Å². The molecule has 2 aromatic heterocycles. The smallest absolute Gasteiger partial charge is 0.144 e. The van der Waals surface area contributed by atoms with Crippen LogP contribution in [0.1, 0.15) is 11.3 Å². The molecule has 6 nitrogen and oxygen atoms in total. The van der Waals surface area contributed by atoms with Crippen LogP contribution in [0.5, 0.6) is 5.75 Å². The van der Waals surface area contributed by atoms with Crippen molar-refractivity contribution in [2.45, 2.75) is 13.5 Å². The van der Waals surface area contributed by atoms with Crippen LogP contribution in [-0.2, 0) is 6.54 Å². The Balaban J connectivity index is 1.49. The summed E-state index contributed by atoms with van der Waals surface area (Å²) in [5, 5.41) is 6.70. The van der Waals surface area contributed by atoms with E-state index in [-0.39, 0.29) is 0 Å². The van der Waals surface area contributed by atoms with Crippen molar-refractivity contribution < 1.29 is 4.74 Å². The Morgan fingerprint density at radius 3 is 2.55 bits per heavy atom. The molecular weight excluding hydrogens is 362 g/mol. The zero-order valence-corrected chi connectivity index (χ0v) is 16.5. The summed E-state index contributed by atoms with van der Waals surface area (Å²) in [7, 11) is 1.67. The van der Waals surface area contributed by atoms with Crippen LogP contribution in [0.15, 0.2) is 79.3 Å². The number of nitrogens with one attached hydrogen (secondary N) is 2. The molecule has 2 heterocycles. The zero-order valence-electron chi connectivity index (χ0n) is 16.5. The van der Waals surface area contributed by atoms with Gasteiger partial charge in [0, 0.05) is 24.5 Å². The van der Waals surface area contributed by atoms with E-state index in [4.69, 9.17) is 4.74 Å². The number of benzene rings is 2. The topological polar surface area (TPSA) is 64.0 Å². The van der Waals surface area contributed by atoms with Crippen molar-refractivity contribution >= 4 is 17.3 Å². The van der Waals surface area contributed by atoms with Crippen LogP contribution in [0.2, 0.25) is 0 Å². The molecule has 0 unspecified atom stereocenters. The maximum atomic E-state index is 5.58. The van der Waals surface area contributed by atoms with Gasteiger partial charge in [-0.15, -0.1) is 0 Å². The van der Waals surface area contributed by atoms with Crippen molar-refractivity contribution in [3.05, 3.63) is 90.5 Å². The van der Waals surface area contributed by atoms with Gasteiger partial charge in [-0.2, -0.15) is 0 Å². The lowest BCUT2D eigenvalue weighted by molar-refractivity contribution is 0.413. The number of pyridine rings is 1. The Bertz CT molecular complexity index is 1090. The minimum atomic E-state index is 0.726. The SMILES string of the molecule is COc1cc(Nc2cccc(NCc3ccccc3)n2)ccc1-n1cnc(C)c1. The van der Waals surface area contributed by atoms with Gasteiger partial charge < -0.3 is 19.9 Å². The summed E-state index contributed by atoms with van der Waals surface area (Å²) in [6.45, 7) is 2.69. The first-order valence-corrected chi connectivity index (χ1v) is 9.42. The average molecular weight is 385 g/mol. The zero-order chi connectivity index (χ0) is 20.1. The first kappa shape index (κ1) is 18.6. The van der Waals surface area contributed by atoms with Crippen LogP contribution in [0.25, 0.3) is 5.69 Å². The van der Waals surface area contributed by atoms with Gasteiger partial charge in [-0.3, -0.25) is 0 Å². The quantitative estimate of drug-likeness (QED) is 0.472. The third-order valence-corrected chi connectivity index (χ3v) is 4.51. The van der Waals surface area contributed by atoms with Crippen LogP contribution in [0.3, 0.4) is 0 Å². The number of nitrogens with zero attached hydrogens (tertiary/aromatic N) is 3. The van der Waals surface area contributed by atoms with E-state index in [1.165, 1.54) is 5.56 Å². The third kappa shape index (κ3) is 4.55. The molecule has 0 spiro atoms. The minimum absolute atomic E-state index is 0.726. The van der Waals surface area contributed by atoms with E-state index in [9.17, 15) is 0 Å². The molecule has 0 aliphatic rings. The first-order valence-electron chi connectivity index (χ1n) is 9.42. The lowest BCUT2D eigenvalue weighted by Gasteiger charge is -2.13. The monoisotopic (exact) mass is 385 g/mol. The summed E-state index contributed by atoms with van der Waals surface area (Å²) in [4.78, 5) is 8.93. The first-order chi connectivity index (χ1) is 14.2. The summed E-state index contributed by atoms with van der Waals surface area (Å²) < 4.78 is 7.53. The van der Waals surface area contributed by atoms with E-state index >= 15 is 0 Å². The van der Waals surface area contributed by atoms with Gasteiger partial charge in [0.15, 0.2) is 0 Å². The summed E-state index contributed by atoms with van der Waals surface area (Å²) in [5.74, 6) is 2.33. The van der Waals surface area contributed by atoms with Crippen molar-refractivity contribution in [2.75, 3.05) is 17.7 Å². The number of aryl methyl sites for hydroxylation is 1. The fourth-order valence-corrected chi connectivity index (χ4v) is 3.06. The normalized spacial score (nSPS) is 10.6. The molecule has 2 N–H and O–H groups in total. The van der Waals surface area contributed by atoms with Crippen molar-refractivity contribution in [3.63, 3.8) is 0 Å². The fourth-order valence-electron chi connectivity index (χ4n) is 3.06. The van der Waals surface area contributed by atoms with Gasteiger partial charge in [0.1, 0.15) is 17.4 Å². The van der Waals surface area contributed by atoms with Gasteiger partial charge >= 0.3 is 0 Å². The highest BCUT2D eigenvalue weighted by atomic mass is 16.5. The van der Waals surface area contributed by atoms with Gasteiger partial charge in [0.25, 0.3) is 0 Å². The lowest BCUT2D eigenvalue weighted by atomic mass is 10.2. The van der Waals surface area contributed by atoms with E-state index in [2.05, 4.69) is 32.7 Å². The molecule has 0 bridgehead atoms. The second kappa shape index (κ2) is 8.48. The van der Waals surface area contributed by atoms with Crippen LogP contribution < -0.4 is 15.4 Å². The van der Waals surface area contributed by atoms with E-state index in [0.29, 0.717) is 0 Å². The summed E-state index contributed by atoms with van der Waals surface area (Å²) in [5.41, 5.74) is 4.00. The number of ether oxygens (including phenoxy) is 1. The van der Waals surface area contributed by atoms with Crippen LogP contribution >= 0.6 is 0 Å². The molecular formula is C23H23N5O. The van der Waals surface area contributed by atoms with E-state index < -0.39 is 0 Å². The standard InChI is InChI=1S/C23H23N5O/c1-17-15-28(16-25-17)20-12-11-19(13-21(20)29-2)26-23-10-6-9-22(27-23)24-14-18-7-4-3-5-8-18/h3-13,15-16H,14H2,1-2H3,(H2,24,26,27). The van der Waals surface area contributed by atoms with Gasteiger partial charge in [0.05, 0.1) is 24.8 Å². The van der Waals surface area contributed by atoms with Crippen LogP contribution in [0, 0.1) is 6.92 Å². The Morgan fingerprint density at radius 2 is 1.79 bits per heavy atom. The van der Waals surface area contributed by atoms with Crippen LogP contribution in [-0.4, -0.2) is 21.6 Å². The molecule has 29 heavy (non-hydrogen) atoms. The number of methoxy groups -OCH3 is 1. The van der Waals surface area contributed by atoms with E-state index in [0.717, 1.165) is 41.0 Å². The van der Waals surface area contributed by atoms with Gasteiger partial charge in [-0.1, -0.05) is 36.4 Å². The van der Waals surface area contributed by atoms with Gasteiger partial charge in [0.2, 0.25) is 0 Å². The number of imidazole rings is 1. The maximum Gasteiger partial charge on any atom is 0.144 e. The predicted octanol–water partition coefficient (Wildman–Crippen LogP) is 4.94. The number of hydrogen-bond acceptors (Lipinski definition) is 5. The predicted molar refractivity (Wildman–Crippen MR) is 116 cm³/mol. The molecule has 0 aliphatic heterocycles. The Morgan fingerprint density at radius 1 is 0.966 bits per heavy atom. The molecule has 146 valence electrons. The third-order valence-electron chi connectivity index (χ3n) is 4.51. The lowest BCUT2D eigenvalue weighted by Crippen LogP contribution is -2.03. The largest absolute Gasteiger partial charge is 0.494 e. The number of anilines is 3. The Hall–Kier alpha value is -3.80. The average Bonchev–Trinajstić information content (AvgIpc) is 3.19. The van der Waals surface area contributed by atoms with E-state index in [1.54, 1.807) is 13.4 Å². The molecule has 4 rings (SSSR count). The van der Waals surface area contributed by atoms with Gasteiger partial charge in [-0.25, -0.2) is 9.97 Å². The van der Waals surface area contributed by atoms with Crippen molar-refractivity contribution in [3.8, 4) is 11.4 Å². The minimum Gasteiger partial charge on any atom is -0.494 e. The molecule has 0 saturated carbocycles. The maximum absolute atomic E-state index is 5.58. The highest BCUT2D eigenvalue weighted by Crippen LogP contribution is 2.28. The van der Waals surface area contributed by atoms with E-state index in [1.807, 2.05) is 72.3 Å². The molecule has 6 heteroatoms. The fraction of sp³-hybridized carbons (Fsp3) is 0.130. The second-order valence-corrected chi connectivity index (χ2v) is 6.68. The highest BCUT2D eigenvalue weighted by molar-refractivity contribution is 5.64. The van der Waals surface area contributed by atoms with Crippen molar-refractivity contribution in [1.29, 1.82) is 0 Å². The second-order valence-electron chi connectivity index (χ2n) is 6.68. The molecule has 0 atom stereocenters. The highest BCUT2D eigenvalue weighted by Gasteiger charge is 2.08.